The third kappa shape index (κ3) is 4.54. The molecule has 0 radical (unpaired) electrons. The van der Waals surface area contributed by atoms with Crippen LogP contribution < -0.4 is 10.1 Å². The van der Waals surface area contributed by atoms with Crippen molar-refractivity contribution in [2.45, 2.75) is 25.9 Å². The first-order valence-electron chi connectivity index (χ1n) is 8.74. The third-order valence-corrected chi connectivity index (χ3v) is 4.44. The van der Waals surface area contributed by atoms with Crippen LogP contribution in [-0.4, -0.2) is 17.6 Å². The van der Waals surface area contributed by atoms with E-state index in [-0.39, 0.29) is 11.9 Å². The summed E-state index contributed by atoms with van der Waals surface area (Å²) in [6, 6.07) is 20.0. The predicted octanol–water partition coefficient (Wildman–Crippen LogP) is 4.10. The first kappa shape index (κ1) is 17.8. The summed E-state index contributed by atoms with van der Waals surface area (Å²) >= 11 is 0. The average molecular weight is 348 g/mol. The molecule has 3 aromatic rings. The van der Waals surface area contributed by atoms with Gasteiger partial charge in [-0.3, -0.25) is 4.79 Å². The van der Waals surface area contributed by atoms with Gasteiger partial charge in [0.2, 0.25) is 5.91 Å². The van der Waals surface area contributed by atoms with Gasteiger partial charge in [0.05, 0.1) is 19.6 Å². The maximum atomic E-state index is 12.6. The van der Waals surface area contributed by atoms with Crippen LogP contribution in [0.3, 0.4) is 0 Å². The lowest BCUT2D eigenvalue weighted by Crippen LogP contribution is -2.26. The summed E-state index contributed by atoms with van der Waals surface area (Å²) in [5, 5.41) is 3.02. The second-order valence-corrected chi connectivity index (χ2v) is 6.39. The Morgan fingerprint density at radius 3 is 2.46 bits per heavy atom. The topological polar surface area (TPSA) is 43.3 Å². The van der Waals surface area contributed by atoms with Gasteiger partial charge in [0.15, 0.2) is 0 Å². The number of carbonyl (C=O) groups is 1. The Hall–Kier alpha value is -3.01. The molecule has 4 heteroatoms. The molecule has 1 aromatic heterocycles. The van der Waals surface area contributed by atoms with Crippen LogP contribution >= 0.6 is 0 Å². The number of hydrogen-bond acceptors (Lipinski definition) is 2. The van der Waals surface area contributed by atoms with Crippen LogP contribution in [0.1, 0.15) is 29.2 Å². The van der Waals surface area contributed by atoms with Gasteiger partial charge < -0.3 is 14.6 Å². The van der Waals surface area contributed by atoms with Crippen LogP contribution in [0.15, 0.2) is 73.1 Å². The largest absolute Gasteiger partial charge is 0.497 e. The average Bonchev–Trinajstić information content (AvgIpc) is 3.19. The molecule has 4 nitrogen and oxygen atoms in total. The van der Waals surface area contributed by atoms with Crippen LogP contribution in [0.4, 0.5) is 0 Å². The van der Waals surface area contributed by atoms with Crippen LogP contribution in [0.25, 0.3) is 0 Å². The molecule has 1 heterocycles. The normalized spacial score (nSPS) is 11.8. The van der Waals surface area contributed by atoms with Gasteiger partial charge in [0.25, 0.3) is 0 Å². The summed E-state index contributed by atoms with van der Waals surface area (Å²) < 4.78 is 7.24. The summed E-state index contributed by atoms with van der Waals surface area (Å²) in [5.41, 5.74) is 3.38. The van der Waals surface area contributed by atoms with Crippen molar-refractivity contribution < 1.29 is 9.53 Å². The summed E-state index contributed by atoms with van der Waals surface area (Å²) in [6.07, 6.45) is 4.40. The Morgan fingerprint density at radius 1 is 1.08 bits per heavy atom. The molecule has 1 amide bonds. The Balaban J connectivity index is 1.67. The Bertz CT molecular complexity index is 839. The zero-order valence-corrected chi connectivity index (χ0v) is 15.2. The molecule has 1 N–H and O–H groups in total. The number of aromatic nitrogens is 1. The number of nitrogens with one attached hydrogen (secondary N) is 1. The standard InChI is InChI=1S/C22H24N2O2/c1-17-6-5-7-19(14-17)21(24-12-3-4-13-24)15-22(25)23-16-18-8-10-20(26-2)11-9-18/h3-14,21H,15-16H2,1-2H3,(H,23,25)/t21-/m0/s1. The smallest absolute Gasteiger partial charge is 0.222 e. The Kier molecular flexibility index (Phi) is 5.74. The number of hydrogen-bond donors (Lipinski definition) is 1. The Labute approximate surface area is 154 Å². The monoisotopic (exact) mass is 348 g/mol. The minimum absolute atomic E-state index is 0.0132. The number of methoxy groups -OCH3 is 1. The van der Waals surface area contributed by atoms with Gasteiger partial charge in [0, 0.05) is 18.9 Å². The SMILES string of the molecule is COc1ccc(CNC(=O)C[C@@H](c2cccc(C)c2)n2cccc2)cc1. The van der Waals surface area contributed by atoms with Crippen molar-refractivity contribution in [1.29, 1.82) is 0 Å². The van der Waals surface area contributed by atoms with E-state index >= 15 is 0 Å². The van der Waals surface area contributed by atoms with Crippen LogP contribution in [0.2, 0.25) is 0 Å². The molecule has 26 heavy (non-hydrogen) atoms. The summed E-state index contributed by atoms with van der Waals surface area (Å²) in [7, 11) is 1.64. The Morgan fingerprint density at radius 2 is 1.81 bits per heavy atom. The van der Waals surface area contributed by atoms with Gasteiger partial charge in [0.1, 0.15) is 5.75 Å². The molecule has 1 atom stereocenters. The highest BCUT2D eigenvalue weighted by Crippen LogP contribution is 2.23. The first-order valence-corrected chi connectivity index (χ1v) is 8.74. The van der Waals surface area contributed by atoms with Gasteiger partial charge in [-0.1, -0.05) is 42.0 Å². The maximum absolute atomic E-state index is 12.6. The lowest BCUT2D eigenvalue weighted by Gasteiger charge is -2.20. The number of benzene rings is 2. The highest BCUT2D eigenvalue weighted by molar-refractivity contribution is 5.76. The molecule has 0 fully saturated rings. The molecule has 0 bridgehead atoms. The zero-order valence-electron chi connectivity index (χ0n) is 15.2. The van der Waals surface area contributed by atoms with E-state index in [4.69, 9.17) is 4.74 Å². The van der Waals surface area contributed by atoms with E-state index in [1.54, 1.807) is 7.11 Å². The number of rotatable bonds is 7. The molecule has 3 rings (SSSR count). The molecule has 0 unspecified atom stereocenters. The van der Waals surface area contributed by atoms with E-state index in [0.29, 0.717) is 13.0 Å². The first-order chi connectivity index (χ1) is 12.7. The summed E-state index contributed by atoms with van der Waals surface area (Å²) in [5.74, 6) is 0.841. The quantitative estimate of drug-likeness (QED) is 0.698. The number of amides is 1. The number of ether oxygens (including phenoxy) is 1. The lowest BCUT2D eigenvalue weighted by atomic mass is 10.0. The molecular weight excluding hydrogens is 324 g/mol. The van der Waals surface area contributed by atoms with Gasteiger partial charge in [-0.25, -0.2) is 0 Å². The molecule has 0 saturated heterocycles. The highest BCUT2D eigenvalue weighted by Gasteiger charge is 2.17. The minimum Gasteiger partial charge on any atom is -0.497 e. The molecule has 0 saturated carbocycles. The van der Waals surface area contributed by atoms with E-state index in [9.17, 15) is 4.79 Å². The molecule has 0 aliphatic rings. The third-order valence-electron chi connectivity index (χ3n) is 4.44. The fourth-order valence-corrected chi connectivity index (χ4v) is 3.02. The second-order valence-electron chi connectivity index (χ2n) is 6.39. The van der Waals surface area contributed by atoms with Gasteiger partial charge in [-0.2, -0.15) is 0 Å². The van der Waals surface area contributed by atoms with Crippen molar-refractivity contribution in [1.82, 2.24) is 9.88 Å². The van der Waals surface area contributed by atoms with Crippen molar-refractivity contribution in [2.24, 2.45) is 0 Å². The van der Waals surface area contributed by atoms with Crippen LogP contribution in [-0.2, 0) is 11.3 Å². The number of carbonyl (C=O) groups excluding carboxylic acids is 1. The van der Waals surface area contributed by atoms with Crippen LogP contribution in [0.5, 0.6) is 5.75 Å². The van der Waals surface area contributed by atoms with Gasteiger partial charge in [-0.05, 0) is 42.3 Å². The molecule has 0 spiro atoms. The molecule has 2 aromatic carbocycles. The zero-order chi connectivity index (χ0) is 18.4. The lowest BCUT2D eigenvalue weighted by molar-refractivity contribution is -0.121. The van der Waals surface area contributed by atoms with Gasteiger partial charge >= 0.3 is 0 Å². The summed E-state index contributed by atoms with van der Waals surface area (Å²) in [6.45, 7) is 2.58. The van der Waals surface area contributed by atoms with E-state index in [1.807, 2.05) is 54.9 Å². The molecule has 0 aliphatic carbocycles. The van der Waals surface area contributed by atoms with Crippen molar-refractivity contribution in [2.75, 3.05) is 7.11 Å². The molecule has 0 aliphatic heterocycles. The molecular formula is C22H24N2O2. The van der Waals surface area contributed by atoms with Crippen LogP contribution in [0, 0.1) is 6.92 Å². The number of aryl methyl sites for hydroxylation is 1. The van der Waals surface area contributed by atoms with E-state index in [2.05, 4.69) is 35.0 Å². The van der Waals surface area contributed by atoms with Crippen molar-refractivity contribution in [3.63, 3.8) is 0 Å². The van der Waals surface area contributed by atoms with Crippen molar-refractivity contribution >= 4 is 5.91 Å². The fourth-order valence-electron chi connectivity index (χ4n) is 3.02. The van der Waals surface area contributed by atoms with E-state index in [1.165, 1.54) is 5.56 Å². The van der Waals surface area contributed by atoms with Crippen molar-refractivity contribution in [3.05, 3.63) is 89.7 Å². The predicted molar refractivity (Wildman–Crippen MR) is 103 cm³/mol. The van der Waals surface area contributed by atoms with Gasteiger partial charge in [-0.15, -0.1) is 0 Å². The van der Waals surface area contributed by atoms with E-state index in [0.717, 1.165) is 16.9 Å². The summed E-state index contributed by atoms with van der Waals surface area (Å²) in [4.78, 5) is 12.6. The second kappa shape index (κ2) is 8.39. The highest BCUT2D eigenvalue weighted by atomic mass is 16.5. The fraction of sp³-hybridized carbons (Fsp3) is 0.227. The molecule has 134 valence electrons. The maximum Gasteiger partial charge on any atom is 0.222 e. The minimum atomic E-state index is -0.0132. The van der Waals surface area contributed by atoms with Crippen molar-refractivity contribution in [3.8, 4) is 5.75 Å². The number of nitrogens with zero attached hydrogens (tertiary/aromatic N) is 1. The van der Waals surface area contributed by atoms with E-state index < -0.39 is 0 Å².